The highest BCUT2D eigenvalue weighted by Crippen LogP contribution is 2.42. The number of rotatable bonds is 3. The fourth-order valence-corrected chi connectivity index (χ4v) is 3.76. The maximum atomic E-state index is 12.2. The fraction of sp³-hybridized carbons (Fsp3) is 0.533. The molecule has 1 aromatic carbocycles. The highest BCUT2D eigenvalue weighted by Gasteiger charge is 2.53. The molecule has 0 bridgehead atoms. The molecule has 1 amide bonds. The van der Waals surface area contributed by atoms with Gasteiger partial charge >= 0.3 is 0 Å². The van der Waals surface area contributed by atoms with Gasteiger partial charge in [-0.25, -0.2) is 0 Å². The van der Waals surface area contributed by atoms with Gasteiger partial charge in [0.15, 0.2) is 0 Å². The number of aliphatic hydroxyl groups is 1. The molecule has 2 aliphatic rings. The molecular formula is C15H19BrN2O2. The van der Waals surface area contributed by atoms with E-state index in [0.29, 0.717) is 6.54 Å². The van der Waals surface area contributed by atoms with E-state index in [-0.39, 0.29) is 30.5 Å². The Morgan fingerprint density at radius 2 is 2.05 bits per heavy atom. The molecule has 5 heteroatoms. The van der Waals surface area contributed by atoms with Crippen molar-refractivity contribution in [2.75, 3.05) is 26.2 Å². The van der Waals surface area contributed by atoms with E-state index in [1.165, 1.54) is 5.56 Å². The standard InChI is InChI=1S/C15H19BrN2O2/c1-2-17-7-12-15(10-3-5-11(16)6-4-10)13(9-19)18(12)14(20)8-17/h3-6,12-13,15,19H,2,7-9H2,1H3/t12-,13-,15+/m1/s1. The lowest BCUT2D eigenvalue weighted by Crippen LogP contribution is -2.72. The number of piperazine rings is 1. The van der Waals surface area contributed by atoms with Crippen molar-refractivity contribution in [2.24, 2.45) is 0 Å². The van der Waals surface area contributed by atoms with Crippen LogP contribution in [0.4, 0.5) is 0 Å². The molecule has 20 heavy (non-hydrogen) atoms. The normalized spacial score (nSPS) is 30.1. The molecule has 0 aliphatic carbocycles. The maximum absolute atomic E-state index is 12.2. The minimum Gasteiger partial charge on any atom is -0.394 e. The lowest BCUT2D eigenvalue weighted by molar-refractivity contribution is -0.161. The van der Waals surface area contributed by atoms with Gasteiger partial charge < -0.3 is 10.0 Å². The minimum absolute atomic E-state index is 0.0368. The smallest absolute Gasteiger partial charge is 0.237 e. The van der Waals surface area contributed by atoms with Crippen molar-refractivity contribution in [1.29, 1.82) is 0 Å². The van der Waals surface area contributed by atoms with Crippen molar-refractivity contribution in [3.8, 4) is 0 Å². The van der Waals surface area contributed by atoms with E-state index in [1.807, 2.05) is 17.0 Å². The van der Waals surface area contributed by atoms with E-state index in [4.69, 9.17) is 0 Å². The molecule has 2 aliphatic heterocycles. The molecule has 0 saturated carbocycles. The predicted molar refractivity (Wildman–Crippen MR) is 80.5 cm³/mol. The van der Waals surface area contributed by atoms with Crippen LogP contribution in [0.1, 0.15) is 18.4 Å². The molecule has 3 atom stereocenters. The Kier molecular flexibility index (Phi) is 3.84. The first-order chi connectivity index (χ1) is 9.65. The van der Waals surface area contributed by atoms with Crippen molar-refractivity contribution in [3.63, 3.8) is 0 Å². The van der Waals surface area contributed by atoms with Gasteiger partial charge in [0.25, 0.3) is 0 Å². The summed E-state index contributed by atoms with van der Waals surface area (Å²) < 4.78 is 1.05. The van der Waals surface area contributed by atoms with Crippen LogP contribution in [0, 0.1) is 0 Å². The third-order valence-electron chi connectivity index (χ3n) is 4.52. The highest BCUT2D eigenvalue weighted by molar-refractivity contribution is 9.10. The number of hydrogen-bond acceptors (Lipinski definition) is 3. The van der Waals surface area contributed by atoms with Crippen LogP contribution in [0.5, 0.6) is 0 Å². The average Bonchev–Trinajstić information content (AvgIpc) is 2.43. The summed E-state index contributed by atoms with van der Waals surface area (Å²) in [5.74, 6) is 0.391. The summed E-state index contributed by atoms with van der Waals surface area (Å²) in [4.78, 5) is 16.3. The van der Waals surface area contributed by atoms with Crippen molar-refractivity contribution < 1.29 is 9.90 Å². The molecule has 108 valence electrons. The number of benzene rings is 1. The Labute approximate surface area is 127 Å². The number of fused-ring (bicyclic) bond motifs is 1. The summed E-state index contributed by atoms with van der Waals surface area (Å²) in [6.45, 7) is 4.40. The zero-order valence-corrected chi connectivity index (χ0v) is 13.1. The van der Waals surface area contributed by atoms with Crippen LogP contribution in [0.3, 0.4) is 0 Å². The van der Waals surface area contributed by atoms with E-state index in [0.717, 1.165) is 17.6 Å². The molecule has 4 nitrogen and oxygen atoms in total. The average molecular weight is 339 g/mol. The Hall–Kier alpha value is -0.910. The summed E-state index contributed by atoms with van der Waals surface area (Å²) >= 11 is 3.44. The molecular weight excluding hydrogens is 320 g/mol. The van der Waals surface area contributed by atoms with Gasteiger partial charge in [0.2, 0.25) is 5.91 Å². The summed E-state index contributed by atoms with van der Waals surface area (Å²) in [5, 5.41) is 9.64. The number of hydrogen-bond donors (Lipinski definition) is 1. The Bertz CT molecular complexity index is 505. The first-order valence-electron chi connectivity index (χ1n) is 7.05. The molecule has 0 spiro atoms. The first-order valence-corrected chi connectivity index (χ1v) is 7.84. The van der Waals surface area contributed by atoms with Crippen molar-refractivity contribution >= 4 is 21.8 Å². The second kappa shape index (κ2) is 5.47. The largest absolute Gasteiger partial charge is 0.394 e. The summed E-state index contributed by atoms with van der Waals surface area (Å²) in [7, 11) is 0. The zero-order valence-electron chi connectivity index (χ0n) is 11.5. The van der Waals surface area contributed by atoms with Crippen LogP contribution < -0.4 is 0 Å². The van der Waals surface area contributed by atoms with Gasteiger partial charge in [-0.15, -0.1) is 0 Å². The van der Waals surface area contributed by atoms with Crippen molar-refractivity contribution in [2.45, 2.75) is 24.9 Å². The molecule has 0 aromatic heterocycles. The van der Waals surface area contributed by atoms with Gasteiger partial charge in [-0.3, -0.25) is 9.69 Å². The van der Waals surface area contributed by atoms with Crippen molar-refractivity contribution in [3.05, 3.63) is 34.3 Å². The van der Waals surface area contributed by atoms with Gasteiger partial charge in [0.1, 0.15) is 0 Å². The zero-order chi connectivity index (χ0) is 14.3. The van der Waals surface area contributed by atoms with Gasteiger partial charge in [-0.1, -0.05) is 35.0 Å². The summed E-state index contributed by atoms with van der Waals surface area (Å²) in [6, 6.07) is 8.36. The summed E-state index contributed by atoms with van der Waals surface area (Å²) in [5.41, 5.74) is 1.21. The van der Waals surface area contributed by atoms with E-state index >= 15 is 0 Å². The summed E-state index contributed by atoms with van der Waals surface area (Å²) in [6.07, 6.45) is 0. The molecule has 1 N–H and O–H groups in total. The van der Waals surface area contributed by atoms with Crippen LogP contribution in [0.2, 0.25) is 0 Å². The van der Waals surface area contributed by atoms with Gasteiger partial charge in [-0.2, -0.15) is 0 Å². The van der Waals surface area contributed by atoms with E-state index in [2.05, 4.69) is 39.9 Å². The van der Waals surface area contributed by atoms with Gasteiger partial charge in [-0.05, 0) is 24.2 Å². The SMILES string of the molecule is CCN1CC(=O)N2[C@H](CO)[C@@H](c3ccc(Br)cc3)[C@H]2C1. The Morgan fingerprint density at radius 1 is 1.35 bits per heavy atom. The Morgan fingerprint density at radius 3 is 2.65 bits per heavy atom. The maximum Gasteiger partial charge on any atom is 0.237 e. The number of carbonyl (C=O) groups is 1. The third-order valence-corrected chi connectivity index (χ3v) is 5.05. The van der Waals surface area contributed by atoms with E-state index in [1.54, 1.807) is 0 Å². The van der Waals surface area contributed by atoms with Gasteiger partial charge in [0.05, 0.1) is 25.2 Å². The monoisotopic (exact) mass is 338 g/mol. The van der Waals surface area contributed by atoms with E-state index in [9.17, 15) is 9.90 Å². The van der Waals surface area contributed by atoms with Crippen molar-refractivity contribution in [1.82, 2.24) is 9.80 Å². The molecule has 3 rings (SSSR count). The molecule has 1 aromatic rings. The molecule has 0 radical (unpaired) electrons. The minimum atomic E-state index is -0.0623. The quantitative estimate of drug-likeness (QED) is 0.906. The number of carbonyl (C=O) groups excluding carboxylic acids is 1. The first kappa shape index (κ1) is 14.0. The number of nitrogens with zero attached hydrogens (tertiary/aromatic N) is 2. The van der Waals surface area contributed by atoms with Crippen LogP contribution in [0.25, 0.3) is 0 Å². The number of aliphatic hydroxyl groups excluding tert-OH is 1. The second-order valence-electron chi connectivity index (χ2n) is 5.52. The van der Waals surface area contributed by atoms with E-state index < -0.39 is 0 Å². The number of likely N-dealkylation sites (N-methyl/N-ethyl adjacent to an activating group) is 1. The lowest BCUT2D eigenvalue weighted by Gasteiger charge is -2.58. The Balaban J connectivity index is 1.86. The van der Waals surface area contributed by atoms with Crippen LogP contribution >= 0.6 is 15.9 Å². The highest BCUT2D eigenvalue weighted by atomic mass is 79.9. The third kappa shape index (κ3) is 2.18. The molecule has 0 unspecified atom stereocenters. The fourth-order valence-electron chi connectivity index (χ4n) is 3.49. The van der Waals surface area contributed by atoms with Crippen LogP contribution in [0.15, 0.2) is 28.7 Å². The molecule has 2 heterocycles. The van der Waals surface area contributed by atoms with Gasteiger partial charge in [0, 0.05) is 16.9 Å². The predicted octanol–water partition coefficient (Wildman–Crippen LogP) is 1.44. The number of amides is 1. The number of halogens is 1. The van der Waals surface area contributed by atoms with Crippen LogP contribution in [-0.4, -0.2) is 59.1 Å². The second-order valence-corrected chi connectivity index (χ2v) is 6.44. The lowest BCUT2D eigenvalue weighted by atomic mass is 9.74. The topological polar surface area (TPSA) is 43.8 Å². The molecule has 2 saturated heterocycles. The molecule has 2 fully saturated rings. The van der Waals surface area contributed by atoms with Crippen LogP contribution in [-0.2, 0) is 4.79 Å².